The van der Waals surface area contributed by atoms with Gasteiger partial charge in [0.2, 0.25) is 0 Å². The van der Waals surface area contributed by atoms with E-state index in [1.165, 1.54) is 0 Å². The number of nitrogens with two attached hydrogens (primary N) is 1. The topological polar surface area (TPSA) is 57.0 Å². The number of hydrogen-bond donors (Lipinski definition) is 1. The van der Waals surface area contributed by atoms with E-state index in [9.17, 15) is 4.39 Å². The summed E-state index contributed by atoms with van der Waals surface area (Å²) < 4.78 is 22.0. The molecule has 2 aromatic heterocycles. The quantitative estimate of drug-likeness (QED) is 0.344. The van der Waals surface area contributed by atoms with Crippen LogP contribution in [0, 0.1) is 5.82 Å². The number of fused-ring (bicyclic) bond motifs is 2. The minimum atomic E-state index is -0.435. The predicted octanol–water partition coefficient (Wildman–Crippen LogP) is 3.10. The molecule has 0 aliphatic carbocycles. The molecular weight excluding hydrogens is 462 g/mol. The van der Waals surface area contributed by atoms with Crippen LogP contribution in [-0.2, 0) is 0 Å². The van der Waals surface area contributed by atoms with Crippen molar-refractivity contribution < 1.29 is 8.81 Å². The summed E-state index contributed by atoms with van der Waals surface area (Å²) in [5, 5.41) is 5.85. The predicted molar refractivity (Wildman–Crippen MR) is 80.5 cm³/mol. The second kappa shape index (κ2) is 4.55. The molecule has 0 saturated heterocycles. The second-order valence-corrected chi connectivity index (χ2v) is 6.71. The summed E-state index contributed by atoms with van der Waals surface area (Å²) in [6, 6.07) is 12.9. The molecule has 0 fully saturated rings. The standard InChI is InChI=1S/C15H9FN3O.Tl/c16-14-9(17)5-6-10-13(14)15(19-18-10)12-7-8-3-1-2-4-11(8)20-12;/h1-7H,17H2;/q-1;+1. The number of nitrogen functional groups attached to an aromatic ring is 1. The van der Waals surface area contributed by atoms with Gasteiger partial charge in [-0.2, -0.15) is 0 Å². The van der Waals surface area contributed by atoms with Crippen LogP contribution < -0.4 is 5.73 Å². The van der Waals surface area contributed by atoms with Gasteiger partial charge in [-0.3, -0.25) is 0 Å². The van der Waals surface area contributed by atoms with Crippen molar-refractivity contribution in [2.75, 3.05) is 5.73 Å². The van der Waals surface area contributed by atoms with Crippen LogP contribution in [-0.4, -0.2) is 33.7 Å². The summed E-state index contributed by atoms with van der Waals surface area (Å²) in [6.45, 7) is 0. The number of hydrogen-bond acceptors (Lipinski definition) is 3. The number of furan rings is 1. The average Bonchev–Trinajstić information content (AvgIpc) is 3.04. The second-order valence-electron chi connectivity index (χ2n) is 4.80. The molecule has 0 saturated carbocycles. The summed E-state index contributed by atoms with van der Waals surface area (Å²) in [6.07, 6.45) is 0. The van der Waals surface area contributed by atoms with Crippen molar-refractivity contribution in [1.29, 1.82) is 0 Å². The maximum atomic E-state index is 14.4. The Kier molecular flexibility index (Phi) is 2.78. The average molecular weight is 471 g/mol. The van der Waals surface area contributed by atoms with Crippen LogP contribution in [0.1, 0.15) is 0 Å². The Morgan fingerprint density at radius 2 is 2.00 bits per heavy atom. The van der Waals surface area contributed by atoms with Crippen molar-refractivity contribution in [3.63, 3.8) is 0 Å². The summed E-state index contributed by atoms with van der Waals surface area (Å²) in [5.74, 6) is 0.125. The number of para-hydroxylation sites is 1. The Labute approximate surface area is 135 Å². The van der Waals surface area contributed by atoms with Crippen LogP contribution in [0.3, 0.4) is 0 Å². The third kappa shape index (κ3) is 1.87. The zero-order chi connectivity index (χ0) is 14.6. The van der Waals surface area contributed by atoms with Crippen molar-refractivity contribution in [2.24, 2.45) is 0 Å². The SMILES string of the molecule is Nc1ccc2c(c(-c3cc4ccccc4o3)n[n]2[Tl])c1F. The van der Waals surface area contributed by atoms with E-state index in [1.54, 1.807) is 14.6 Å². The number of benzene rings is 2. The number of anilines is 1. The normalized spacial score (nSPS) is 11.4. The van der Waals surface area contributed by atoms with Crippen LogP contribution in [0.5, 0.6) is 0 Å². The van der Waals surface area contributed by atoms with E-state index in [0.717, 1.165) is 16.5 Å². The molecule has 0 aliphatic heterocycles. The Morgan fingerprint density at radius 1 is 1.19 bits per heavy atom. The fourth-order valence-electron chi connectivity index (χ4n) is 2.48. The monoisotopic (exact) mass is 471 g/mol. The molecule has 0 bridgehead atoms. The summed E-state index contributed by atoms with van der Waals surface area (Å²) >= 11 is 0.429. The van der Waals surface area contributed by atoms with Gasteiger partial charge in [-0.25, -0.2) is 0 Å². The van der Waals surface area contributed by atoms with Gasteiger partial charge in [-0.05, 0) is 0 Å². The number of rotatable bonds is 1. The van der Waals surface area contributed by atoms with Crippen molar-refractivity contribution in [3.05, 3.63) is 48.3 Å². The van der Waals surface area contributed by atoms with Crippen molar-refractivity contribution in [3.8, 4) is 11.5 Å². The van der Waals surface area contributed by atoms with E-state index < -0.39 is 5.82 Å². The number of halogens is 1. The number of nitrogens with zero attached hydrogens (tertiary/aromatic N) is 2. The molecule has 2 aromatic carbocycles. The molecule has 2 N–H and O–H groups in total. The molecule has 2 heterocycles. The number of aromatic nitrogens is 2. The third-order valence-electron chi connectivity index (χ3n) is 3.50. The van der Waals surface area contributed by atoms with Crippen molar-refractivity contribution in [2.45, 2.75) is 0 Å². The first-order valence-electron chi connectivity index (χ1n) is 6.36. The first-order chi connectivity index (χ1) is 10.1. The molecule has 21 heavy (non-hydrogen) atoms. The van der Waals surface area contributed by atoms with Gasteiger partial charge in [0, 0.05) is 0 Å². The molecule has 4 rings (SSSR count). The Bertz CT molecular complexity index is 956. The molecule has 0 atom stereocenters. The zero-order valence-corrected chi connectivity index (χ0v) is 15.4. The van der Waals surface area contributed by atoms with Crippen LogP contribution in [0.4, 0.5) is 10.1 Å². The minimum absolute atomic E-state index is 0.123. The first kappa shape index (κ1) is 12.8. The van der Waals surface area contributed by atoms with Gasteiger partial charge in [0.15, 0.2) is 0 Å². The molecule has 0 radical (unpaired) electrons. The van der Waals surface area contributed by atoms with Gasteiger partial charge in [0.1, 0.15) is 0 Å². The van der Waals surface area contributed by atoms with E-state index in [0.29, 0.717) is 42.9 Å². The zero-order valence-electron chi connectivity index (χ0n) is 10.9. The van der Waals surface area contributed by atoms with E-state index >= 15 is 0 Å². The van der Waals surface area contributed by atoms with Crippen LogP contribution >= 0.6 is 0 Å². The molecule has 0 spiro atoms. The molecule has 0 amide bonds. The van der Waals surface area contributed by atoms with Gasteiger partial charge in [-0.1, -0.05) is 0 Å². The van der Waals surface area contributed by atoms with Crippen LogP contribution in [0.25, 0.3) is 33.3 Å². The van der Waals surface area contributed by atoms with E-state index in [2.05, 4.69) is 5.10 Å². The maximum absolute atomic E-state index is 14.4. The fraction of sp³-hybridized carbons (Fsp3) is 0. The molecule has 100 valence electrons. The summed E-state index contributed by atoms with van der Waals surface area (Å²) in [4.78, 5) is 0. The van der Waals surface area contributed by atoms with Crippen molar-refractivity contribution >= 4 is 53.6 Å². The summed E-state index contributed by atoms with van der Waals surface area (Å²) in [7, 11) is 0. The summed E-state index contributed by atoms with van der Waals surface area (Å²) in [5.41, 5.74) is 7.83. The van der Waals surface area contributed by atoms with Gasteiger partial charge >= 0.3 is 135 Å². The van der Waals surface area contributed by atoms with E-state index in [1.807, 2.05) is 30.3 Å². The van der Waals surface area contributed by atoms with Crippen LogP contribution in [0.15, 0.2) is 46.9 Å². The molecule has 6 heteroatoms. The molecule has 4 aromatic rings. The van der Waals surface area contributed by atoms with Gasteiger partial charge in [0.25, 0.3) is 0 Å². The van der Waals surface area contributed by atoms with Gasteiger partial charge in [0.05, 0.1) is 0 Å². The van der Waals surface area contributed by atoms with Crippen molar-refractivity contribution in [1.82, 2.24) is 7.59 Å². The molecule has 0 unspecified atom stereocenters. The van der Waals surface area contributed by atoms with E-state index in [-0.39, 0.29) is 5.69 Å². The fourth-order valence-corrected chi connectivity index (χ4v) is 3.77. The molecular formula is C15H9FN3OTl. The van der Waals surface area contributed by atoms with Gasteiger partial charge < -0.3 is 0 Å². The Balaban J connectivity index is 2.08. The Hall–Kier alpha value is -1.90. The van der Waals surface area contributed by atoms with E-state index in [4.69, 9.17) is 10.2 Å². The Morgan fingerprint density at radius 3 is 2.81 bits per heavy atom. The molecule has 0 aliphatic rings. The first-order valence-corrected chi connectivity index (χ1v) is 8.36. The van der Waals surface area contributed by atoms with Gasteiger partial charge in [-0.15, -0.1) is 0 Å². The molecule has 4 nitrogen and oxygen atoms in total. The van der Waals surface area contributed by atoms with Crippen LogP contribution in [0.2, 0.25) is 0 Å². The third-order valence-corrected chi connectivity index (χ3v) is 5.03.